The summed E-state index contributed by atoms with van der Waals surface area (Å²) in [5.74, 6) is 0. The van der Waals surface area contributed by atoms with Crippen molar-refractivity contribution in [3.05, 3.63) is 38.3 Å². The lowest BCUT2D eigenvalue weighted by molar-refractivity contribution is 0.309. The number of nitrogens with zero attached hydrogens (tertiary/aromatic N) is 3. The van der Waals surface area contributed by atoms with Crippen LogP contribution in [0.25, 0.3) is 0 Å². The molecule has 0 spiro atoms. The van der Waals surface area contributed by atoms with Crippen LogP contribution < -0.4 is 0 Å². The SMILES string of the molecule is CCc1nn(C)c(CN(C)Cc2ccsc2)c1Br. The first-order valence-corrected chi connectivity index (χ1v) is 7.75. The molecule has 0 unspecified atom stereocenters. The predicted molar refractivity (Wildman–Crippen MR) is 79.8 cm³/mol. The number of hydrogen-bond acceptors (Lipinski definition) is 3. The molecule has 18 heavy (non-hydrogen) atoms. The molecule has 0 amide bonds. The summed E-state index contributed by atoms with van der Waals surface area (Å²) in [6, 6.07) is 2.18. The number of hydrogen-bond donors (Lipinski definition) is 0. The standard InChI is InChI=1S/C13H18BrN3S/c1-4-11-13(14)12(17(3)15-11)8-16(2)7-10-5-6-18-9-10/h5-6,9H,4,7-8H2,1-3H3. The van der Waals surface area contributed by atoms with Crippen LogP contribution in [0.2, 0.25) is 0 Å². The van der Waals surface area contributed by atoms with Crippen molar-refractivity contribution in [2.75, 3.05) is 7.05 Å². The Bertz CT molecular complexity index is 505. The molecule has 0 N–H and O–H groups in total. The van der Waals surface area contributed by atoms with Crippen LogP contribution in [-0.2, 0) is 26.6 Å². The van der Waals surface area contributed by atoms with Gasteiger partial charge in [-0.2, -0.15) is 16.4 Å². The van der Waals surface area contributed by atoms with Crippen LogP contribution in [0.3, 0.4) is 0 Å². The Balaban J connectivity index is 2.07. The van der Waals surface area contributed by atoms with Gasteiger partial charge in [0.15, 0.2) is 0 Å². The summed E-state index contributed by atoms with van der Waals surface area (Å²) in [7, 11) is 4.15. The van der Waals surface area contributed by atoms with Gasteiger partial charge in [0.05, 0.1) is 15.9 Å². The Morgan fingerprint density at radius 2 is 2.22 bits per heavy atom. The molecule has 0 aliphatic rings. The first kappa shape index (κ1) is 13.8. The molecule has 0 aromatic carbocycles. The lowest BCUT2D eigenvalue weighted by Gasteiger charge is -2.16. The van der Waals surface area contributed by atoms with E-state index in [-0.39, 0.29) is 0 Å². The van der Waals surface area contributed by atoms with Crippen LogP contribution in [0.4, 0.5) is 0 Å². The second-order valence-corrected chi connectivity index (χ2v) is 6.06. The number of aryl methyl sites for hydroxylation is 2. The van der Waals surface area contributed by atoms with Crippen molar-refractivity contribution in [1.82, 2.24) is 14.7 Å². The molecule has 0 saturated carbocycles. The van der Waals surface area contributed by atoms with Crippen LogP contribution in [0.15, 0.2) is 21.3 Å². The van der Waals surface area contributed by atoms with Gasteiger partial charge in [-0.05, 0) is 51.8 Å². The van der Waals surface area contributed by atoms with Crippen LogP contribution >= 0.6 is 27.3 Å². The Morgan fingerprint density at radius 1 is 1.44 bits per heavy atom. The van der Waals surface area contributed by atoms with Crippen LogP contribution in [0.1, 0.15) is 23.9 Å². The van der Waals surface area contributed by atoms with Gasteiger partial charge in [-0.1, -0.05) is 6.92 Å². The maximum atomic E-state index is 4.52. The Hall–Kier alpha value is -0.650. The molecule has 0 saturated heterocycles. The molecule has 2 aromatic rings. The quantitative estimate of drug-likeness (QED) is 0.838. The fourth-order valence-electron chi connectivity index (χ4n) is 2.00. The minimum absolute atomic E-state index is 0.903. The molecule has 0 fully saturated rings. The average molecular weight is 328 g/mol. The smallest absolute Gasteiger partial charge is 0.0767 e. The third-order valence-corrected chi connectivity index (χ3v) is 4.60. The van der Waals surface area contributed by atoms with Crippen LogP contribution in [0, 0.1) is 0 Å². The fourth-order valence-corrected chi connectivity index (χ4v) is 3.40. The van der Waals surface area contributed by atoms with Crippen molar-refractivity contribution < 1.29 is 0 Å². The highest BCUT2D eigenvalue weighted by molar-refractivity contribution is 9.10. The highest BCUT2D eigenvalue weighted by Gasteiger charge is 2.14. The van der Waals surface area contributed by atoms with Crippen molar-refractivity contribution >= 4 is 27.3 Å². The lowest BCUT2D eigenvalue weighted by atomic mass is 10.2. The minimum Gasteiger partial charge on any atom is -0.296 e. The number of rotatable bonds is 5. The number of aromatic nitrogens is 2. The highest BCUT2D eigenvalue weighted by atomic mass is 79.9. The molecule has 5 heteroatoms. The topological polar surface area (TPSA) is 21.1 Å². The summed E-state index contributed by atoms with van der Waals surface area (Å²) in [6.45, 7) is 4.01. The lowest BCUT2D eigenvalue weighted by Crippen LogP contribution is -2.19. The molecule has 0 aliphatic heterocycles. The van der Waals surface area contributed by atoms with E-state index in [2.05, 4.69) is 56.7 Å². The predicted octanol–water partition coefficient (Wildman–Crippen LogP) is 3.44. The normalized spacial score (nSPS) is 11.4. The van der Waals surface area contributed by atoms with E-state index in [4.69, 9.17) is 0 Å². The molecule has 0 atom stereocenters. The van der Waals surface area contributed by atoms with Gasteiger partial charge in [-0.25, -0.2) is 0 Å². The zero-order valence-corrected chi connectivity index (χ0v) is 13.4. The summed E-state index contributed by atoms with van der Waals surface area (Å²) < 4.78 is 3.14. The van der Waals surface area contributed by atoms with Crippen molar-refractivity contribution in [3.8, 4) is 0 Å². The molecule has 2 aromatic heterocycles. The molecule has 0 radical (unpaired) electrons. The summed E-state index contributed by atoms with van der Waals surface area (Å²) in [5, 5.41) is 8.85. The molecule has 0 aliphatic carbocycles. The van der Waals surface area contributed by atoms with Gasteiger partial charge in [0.25, 0.3) is 0 Å². The monoisotopic (exact) mass is 327 g/mol. The van der Waals surface area contributed by atoms with Crippen molar-refractivity contribution in [3.63, 3.8) is 0 Å². The molecule has 3 nitrogen and oxygen atoms in total. The zero-order chi connectivity index (χ0) is 13.1. The first-order chi connectivity index (χ1) is 8.61. The highest BCUT2D eigenvalue weighted by Crippen LogP contribution is 2.23. The van der Waals surface area contributed by atoms with Crippen LogP contribution in [0.5, 0.6) is 0 Å². The van der Waals surface area contributed by atoms with E-state index in [1.54, 1.807) is 11.3 Å². The zero-order valence-electron chi connectivity index (χ0n) is 11.0. The van der Waals surface area contributed by atoms with Crippen molar-refractivity contribution in [2.24, 2.45) is 7.05 Å². The van der Waals surface area contributed by atoms with Gasteiger partial charge in [-0.15, -0.1) is 0 Å². The molecule has 2 heterocycles. The summed E-state index contributed by atoms with van der Waals surface area (Å²) in [4.78, 5) is 2.31. The van der Waals surface area contributed by atoms with E-state index in [1.807, 2.05) is 11.7 Å². The van der Waals surface area contributed by atoms with E-state index in [0.29, 0.717) is 0 Å². The van der Waals surface area contributed by atoms with Crippen molar-refractivity contribution in [1.29, 1.82) is 0 Å². The molecule has 98 valence electrons. The van der Waals surface area contributed by atoms with Gasteiger partial charge >= 0.3 is 0 Å². The van der Waals surface area contributed by atoms with E-state index in [1.165, 1.54) is 11.3 Å². The van der Waals surface area contributed by atoms with Gasteiger partial charge in [0.2, 0.25) is 0 Å². The Kier molecular flexibility index (Phi) is 4.59. The maximum Gasteiger partial charge on any atom is 0.0767 e. The van der Waals surface area contributed by atoms with Gasteiger partial charge in [-0.3, -0.25) is 9.58 Å². The molecular formula is C13H18BrN3S. The average Bonchev–Trinajstić information content (AvgIpc) is 2.92. The van der Waals surface area contributed by atoms with E-state index < -0.39 is 0 Å². The Morgan fingerprint density at radius 3 is 2.78 bits per heavy atom. The maximum absolute atomic E-state index is 4.52. The second-order valence-electron chi connectivity index (χ2n) is 4.49. The third-order valence-electron chi connectivity index (χ3n) is 2.96. The number of halogens is 1. The third kappa shape index (κ3) is 3.02. The van der Waals surface area contributed by atoms with E-state index in [0.717, 1.165) is 29.7 Å². The van der Waals surface area contributed by atoms with Gasteiger partial charge in [0, 0.05) is 20.1 Å². The minimum atomic E-state index is 0.903. The number of thiophene rings is 1. The van der Waals surface area contributed by atoms with Gasteiger partial charge < -0.3 is 0 Å². The summed E-state index contributed by atoms with van der Waals surface area (Å²) in [5.41, 5.74) is 3.75. The van der Waals surface area contributed by atoms with Crippen molar-refractivity contribution in [2.45, 2.75) is 26.4 Å². The summed E-state index contributed by atoms with van der Waals surface area (Å²) >= 11 is 5.41. The fraction of sp³-hybridized carbons (Fsp3) is 0.462. The molecular weight excluding hydrogens is 310 g/mol. The Labute approximate surface area is 121 Å². The van der Waals surface area contributed by atoms with E-state index >= 15 is 0 Å². The second kappa shape index (κ2) is 5.99. The van der Waals surface area contributed by atoms with Crippen LogP contribution in [-0.4, -0.2) is 21.7 Å². The molecule has 0 bridgehead atoms. The summed E-state index contributed by atoms with van der Waals surface area (Å²) in [6.07, 6.45) is 0.961. The van der Waals surface area contributed by atoms with Gasteiger partial charge in [0.1, 0.15) is 0 Å². The largest absolute Gasteiger partial charge is 0.296 e. The first-order valence-electron chi connectivity index (χ1n) is 6.01. The molecule has 2 rings (SSSR count). The van der Waals surface area contributed by atoms with E-state index in [9.17, 15) is 0 Å².